The third-order valence-corrected chi connectivity index (χ3v) is 2.77. The Balaban J connectivity index is 2.30. The van der Waals surface area contributed by atoms with Gasteiger partial charge in [-0.25, -0.2) is 4.79 Å². The minimum absolute atomic E-state index is 0.136. The number of benzene rings is 1. The zero-order valence-electron chi connectivity index (χ0n) is 10.7. The lowest BCUT2D eigenvalue weighted by molar-refractivity contribution is -0.118. The highest BCUT2D eigenvalue weighted by molar-refractivity contribution is 6.02. The molecule has 7 heteroatoms. The Labute approximate surface area is 114 Å². The Morgan fingerprint density at radius 3 is 2.70 bits per heavy atom. The van der Waals surface area contributed by atoms with E-state index in [4.69, 9.17) is 10.8 Å². The van der Waals surface area contributed by atoms with Gasteiger partial charge in [0.15, 0.2) is 5.69 Å². The predicted molar refractivity (Wildman–Crippen MR) is 73.4 cm³/mol. The molecule has 0 bridgehead atoms. The van der Waals surface area contributed by atoms with Crippen LogP contribution in [0.2, 0.25) is 0 Å². The minimum atomic E-state index is -1.15. The first kappa shape index (κ1) is 13.7. The molecule has 0 aliphatic rings. The molecule has 1 aromatic heterocycles. The van der Waals surface area contributed by atoms with Crippen molar-refractivity contribution in [2.75, 3.05) is 11.9 Å². The van der Waals surface area contributed by atoms with Gasteiger partial charge in [-0.3, -0.25) is 4.79 Å². The fourth-order valence-corrected chi connectivity index (χ4v) is 1.86. The lowest BCUT2D eigenvalue weighted by Gasteiger charge is -2.10. The number of carbonyl (C=O) groups is 2. The number of nitrogens with zero attached hydrogens (tertiary/aromatic N) is 2. The largest absolute Gasteiger partial charge is 0.476 e. The van der Waals surface area contributed by atoms with Crippen molar-refractivity contribution in [1.82, 2.24) is 10.2 Å². The third kappa shape index (κ3) is 3.00. The molecule has 104 valence electrons. The van der Waals surface area contributed by atoms with Crippen LogP contribution in [0.15, 0.2) is 24.3 Å². The molecule has 2 rings (SSSR count). The summed E-state index contributed by atoms with van der Waals surface area (Å²) in [6, 6.07) is 7.12. The standard InChI is InChI=1S/C13H14N4O3/c14-10(18)6-3-7-15-11-8-4-1-2-5-9(8)16-17-12(11)13(19)20/h1-2,4-5H,3,6-7H2,(H2,14,18)(H,15,16)(H,19,20). The van der Waals surface area contributed by atoms with E-state index >= 15 is 0 Å². The number of carboxylic acids is 1. The number of anilines is 1. The fourth-order valence-electron chi connectivity index (χ4n) is 1.86. The number of rotatable bonds is 6. The van der Waals surface area contributed by atoms with Crippen LogP contribution in [-0.4, -0.2) is 33.7 Å². The lowest BCUT2D eigenvalue weighted by Crippen LogP contribution is -2.15. The number of primary amides is 1. The molecule has 0 saturated carbocycles. The molecular weight excluding hydrogens is 260 g/mol. The summed E-state index contributed by atoms with van der Waals surface area (Å²) in [7, 11) is 0. The number of aromatic nitrogens is 2. The van der Waals surface area contributed by atoms with E-state index in [0.717, 1.165) is 0 Å². The van der Waals surface area contributed by atoms with E-state index in [1.165, 1.54) is 0 Å². The van der Waals surface area contributed by atoms with E-state index in [1.54, 1.807) is 24.3 Å². The second kappa shape index (κ2) is 5.96. The van der Waals surface area contributed by atoms with Gasteiger partial charge in [0.2, 0.25) is 5.91 Å². The Bertz CT molecular complexity index is 657. The highest BCUT2D eigenvalue weighted by Crippen LogP contribution is 2.24. The lowest BCUT2D eigenvalue weighted by atomic mass is 10.1. The SMILES string of the molecule is NC(=O)CCCNc1c(C(=O)O)nnc2ccccc12. The fraction of sp³-hybridized carbons (Fsp3) is 0.231. The van der Waals surface area contributed by atoms with Crippen LogP contribution >= 0.6 is 0 Å². The number of fused-ring (bicyclic) bond motifs is 1. The van der Waals surface area contributed by atoms with Crippen molar-refractivity contribution in [3.8, 4) is 0 Å². The van der Waals surface area contributed by atoms with Crippen molar-refractivity contribution in [2.45, 2.75) is 12.8 Å². The summed E-state index contributed by atoms with van der Waals surface area (Å²) < 4.78 is 0. The third-order valence-electron chi connectivity index (χ3n) is 2.77. The number of carbonyl (C=O) groups excluding carboxylic acids is 1. The summed E-state index contributed by atoms with van der Waals surface area (Å²) in [5.74, 6) is -1.54. The molecule has 2 aromatic rings. The van der Waals surface area contributed by atoms with Gasteiger partial charge in [-0.05, 0) is 12.5 Å². The average Bonchev–Trinajstić information content (AvgIpc) is 2.42. The van der Waals surface area contributed by atoms with Gasteiger partial charge >= 0.3 is 5.97 Å². The van der Waals surface area contributed by atoms with Gasteiger partial charge in [0.1, 0.15) is 0 Å². The Morgan fingerprint density at radius 1 is 1.25 bits per heavy atom. The molecule has 1 amide bonds. The molecule has 20 heavy (non-hydrogen) atoms. The zero-order valence-corrected chi connectivity index (χ0v) is 10.7. The topological polar surface area (TPSA) is 118 Å². The van der Waals surface area contributed by atoms with Crippen LogP contribution in [-0.2, 0) is 4.79 Å². The normalized spacial score (nSPS) is 10.4. The van der Waals surface area contributed by atoms with Crippen LogP contribution in [0.1, 0.15) is 23.3 Å². The van der Waals surface area contributed by atoms with E-state index in [1.807, 2.05) is 0 Å². The molecule has 7 nitrogen and oxygen atoms in total. The van der Waals surface area contributed by atoms with Crippen LogP contribution in [0.4, 0.5) is 5.69 Å². The summed E-state index contributed by atoms with van der Waals surface area (Å²) in [4.78, 5) is 21.9. The van der Waals surface area contributed by atoms with Gasteiger partial charge in [0.25, 0.3) is 0 Å². The Hall–Kier alpha value is -2.70. The second-order valence-electron chi connectivity index (χ2n) is 4.24. The summed E-state index contributed by atoms with van der Waals surface area (Å²) in [6.45, 7) is 0.429. The summed E-state index contributed by atoms with van der Waals surface area (Å²) in [5, 5.41) is 20.4. The Morgan fingerprint density at radius 2 is 2.00 bits per heavy atom. The van der Waals surface area contributed by atoms with E-state index in [9.17, 15) is 9.59 Å². The van der Waals surface area contributed by atoms with Crippen LogP contribution in [0.25, 0.3) is 10.9 Å². The molecule has 1 aromatic carbocycles. The number of hydrogen-bond donors (Lipinski definition) is 3. The van der Waals surface area contributed by atoms with Crippen LogP contribution < -0.4 is 11.1 Å². The van der Waals surface area contributed by atoms with Crippen molar-refractivity contribution in [3.63, 3.8) is 0 Å². The molecule has 0 spiro atoms. The number of aromatic carboxylic acids is 1. The first-order chi connectivity index (χ1) is 9.59. The maximum Gasteiger partial charge on any atom is 0.358 e. The van der Waals surface area contributed by atoms with Crippen molar-refractivity contribution in [1.29, 1.82) is 0 Å². The smallest absolute Gasteiger partial charge is 0.358 e. The van der Waals surface area contributed by atoms with Gasteiger partial charge in [0, 0.05) is 18.4 Å². The van der Waals surface area contributed by atoms with Gasteiger partial charge < -0.3 is 16.2 Å². The van der Waals surface area contributed by atoms with Crippen molar-refractivity contribution in [2.24, 2.45) is 5.73 Å². The van der Waals surface area contributed by atoms with E-state index in [2.05, 4.69) is 15.5 Å². The number of amides is 1. The quantitative estimate of drug-likeness (QED) is 0.676. The maximum atomic E-state index is 11.2. The van der Waals surface area contributed by atoms with E-state index in [0.29, 0.717) is 29.6 Å². The number of hydrogen-bond acceptors (Lipinski definition) is 5. The minimum Gasteiger partial charge on any atom is -0.476 e. The van der Waals surface area contributed by atoms with Crippen LogP contribution in [0, 0.1) is 0 Å². The summed E-state index contributed by atoms with van der Waals surface area (Å²) in [6.07, 6.45) is 0.761. The molecule has 0 unspecified atom stereocenters. The van der Waals surface area contributed by atoms with Gasteiger partial charge in [-0.15, -0.1) is 10.2 Å². The monoisotopic (exact) mass is 274 g/mol. The molecule has 4 N–H and O–H groups in total. The summed E-state index contributed by atoms with van der Waals surface area (Å²) >= 11 is 0. The van der Waals surface area contributed by atoms with E-state index in [-0.39, 0.29) is 18.0 Å². The van der Waals surface area contributed by atoms with Gasteiger partial charge in [0.05, 0.1) is 11.2 Å². The van der Waals surface area contributed by atoms with E-state index < -0.39 is 5.97 Å². The second-order valence-corrected chi connectivity index (χ2v) is 4.24. The first-order valence-corrected chi connectivity index (χ1v) is 6.10. The first-order valence-electron chi connectivity index (χ1n) is 6.10. The molecule has 0 saturated heterocycles. The molecule has 0 fully saturated rings. The predicted octanol–water partition coefficient (Wildman–Crippen LogP) is 1.01. The van der Waals surface area contributed by atoms with Gasteiger partial charge in [-0.2, -0.15) is 0 Å². The highest BCUT2D eigenvalue weighted by atomic mass is 16.4. The zero-order chi connectivity index (χ0) is 14.5. The number of carboxylic acid groups (broad SMARTS) is 1. The molecule has 0 aliphatic heterocycles. The maximum absolute atomic E-state index is 11.2. The average molecular weight is 274 g/mol. The Kier molecular flexibility index (Phi) is 4.09. The number of nitrogens with one attached hydrogen (secondary N) is 1. The molecule has 1 heterocycles. The number of nitrogens with two attached hydrogens (primary N) is 1. The molecule has 0 atom stereocenters. The molecule has 0 aliphatic carbocycles. The molecule has 0 radical (unpaired) electrons. The van der Waals surface area contributed by atoms with Crippen molar-refractivity contribution < 1.29 is 14.7 Å². The van der Waals surface area contributed by atoms with Crippen molar-refractivity contribution in [3.05, 3.63) is 30.0 Å². The highest BCUT2D eigenvalue weighted by Gasteiger charge is 2.16. The van der Waals surface area contributed by atoms with Gasteiger partial charge in [-0.1, -0.05) is 18.2 Å². The summed E-state index contributed by atoms with van der Waals surface area (Å²) in [5.41, 5.74) is 5.94. The van der Waals surface area contributed by atoms with Crippen molar-refractivity contribution >= 4 is 28.5 Å². The molecular formula is C13H14N4O3. The van der Waals surface area contributed by atoms with Crippen LogP contribution in [0.5, 0.6) is 0 Å². The van der Waals surface area contributed by atoms with Crippen LogP contribution in [0.3, 0.4) is 0 Å².